The van der Waals surface area contributed by atoms with Crippen molar-refractivity contribution in [2.45, 2.75) is 77.4 Å². The van der Waals surface area contributed by atoms with E-state index in [0.717, 1.165) is 47.4 Å². The smallest absolute Gasteiger partial charge is 0.410 e. The minimum Gasteiger partial charge on any atom is -0.444 e. The highest BCUT2D eigenvalue weighted by Gasteiger charge is 2.35. The molecule has 1 saturated carbocycles. The van der Waals surface area contributed by atoms with Gasteiger partial charge in [-0.05, 0) is 127 Å². The number of likely N-dealkylation sites (tertiary alicyclic amines) is 1. The first-order valence-electron chi connectivity index (χ1n) is 16.5. The first-order valence-corrected chi connectivity index (χ1v) is 16.5. The van der Waals surface area contributed by atoms with Gasteiger partial charge in [0.05, 0.1) is 22.8 Å². The third kappa shape index (κ3) is 5.41. The first kappa shape index (κ1) is 28.1. The second-order valence-electron chi connectivity index (χ2n) is 14.1. The number of amides is 1. The summed E-state index contributed by atoms with van der Waals surface area (Å²) in [5.41, 5.74) is 10.1. The lowest BCUT2D eigenvalue weighted by molar-refractivity contribution is 0.0219. The minimum atomic E-state index is -0.524. The van der Waals surface area contributed by atoms with Crippen LogP contribution in [0.5, 0.6) is 0 Å². The third-order valence-corrected chi connectivity index (χ3v) is 9.75. The number of nitrogens with zero attached hydrogens (tertiary/aromatic N) is 3. The van der Waals surface area contributed by atoms with Gasteiger partial charge in [0.1, 0.15) is 11.4 Å². The molecule has 2 aliphatic heterocycles. The molecule has 1 N–H and O–H groups in total. The van der Waals surface area contributed by atoms with Crippen molar-refractivity contribution in [3.8, 4) is 22.3 Å². The van der Waals surface area contributed by atoms with Gasteiger partial charge < -0.3 is 9.72 Å². The number of aliphatic imine (C=N–C) groups is 1. The molecule has 45 heavy (non-hydrogen) atoms. The highest BCUT2D eigenvalue weighted by molar-refractivity contribution is 5.97. The van der Waals surface area contributed by atoms with Gasteiger partial charge in [-0.3, -0.25) is 9.89 Å². The number of carbonyl (C=O) groups is 1. The van der Waals surface area contributed by atoms with E-state index in [4.69, 9.17) is 14.7 Å². The van der Waals surface area contributed by atoms with Gasteiger partial charge >= 0.3 is 6.09 Å². The number of hydrogen-bond acceptors (Lipinski definition) is 4. The van der Waals surface area contributed by atoms with E-state index in [2.05, 4.69) is 77.8 Å². The van der Waals surface area contributed by atoms with Crippen LogP contribution >= 0.6 is 0 Å². The molecule has 5 aromatic rings. The lowest BCUT2D eigenvalue weighted by Crippen LogP contribution is -2.36. The number of aromatic amines is 1. The summed E-state index contributed by atoms with van der Waals surface area (Å²) in [5.74, 6) is 1.51. The van der Waals surface area contributed by atoms with Gasteiger partial charge in [-0.15, -0.1) is 0 Å². The van der Waals surface area contributed by atoms with E-state index >= 15 is 0 Å². The minimum absolute atomic E-state index is 0.0990. The lowest BCUT2D eigenvalue weighted by atomic mass is 9.94. The molecule has 1 saturated heterocycles. The van der Waals surface area contributed by atoms with Crippen LogP contribution in [0.4, 0.5) is 10.5 Å². The van der Waals surface area contributed by atoms with Crippen LogP contribution < -0.4 is 0 Å². The normalized spacial score (nSPS) is 18.6. The predicted octanol–water partition coefficient (Wildman–Crippen LogP) is 9.94. The fraction of sp³-hybridized carbons (Fsp3) is 0.359. The number of nitrogens with one attached hydrogen (secondary N) is 1. The van der Waals surface area contributed by atoms with Crippen LogP contribution in [0.3, 0.4) is 0 Å². The van der Waals surface area contributed by atoms with Crippen LogP contribution in [0.15, 0.2) is 77.8 Å². The summed E-state index contributed by atoms with van der Waals surface area (Å²) < 4.78 is 5.67. The molecule has 6 heteroatoms. The van der Waals surface area contributed by atoms with Crippen molar-refractivity contribution in [1.82, 2.24) is 14.9 Å². The maximum Gasteiger partial charge on any atom is 0.410 e. The van der Waals surface area contributed by atoms with E-state index in [1.54, 1.807) is 0 Å². The van der Waals surface area contributed by atoms with E-state index in [1.165, 1.54) is 64.4 Å². The molecular formula is C39H40N4O2. The Labute approximate surface area is 264 Å². The molecule has 4 aromatic carbocycles. The maximum absolute atomic E-state index is 12.9. The van der Waals surface area contributed by atoms with Crippen molar-refractivity contribution >= 4 is 39.3 Å². The van der Waals surface area contributed by atoms with Crippen molar-refractivity contribution < 1.29 is 9.53 Å². The molecule has 2 fully saturated rings. The predicted molar refractivity (Wildman–Crippen MR) is 182 cm³/mol. The molecule has 1 aliphatic carbocycles. The largest absolute Gasteiger partial charge is 0.444 e. The van der Waals surface area contributed by atoms with Crippen molar-refractivity contribution in [1.29, 1.82) is 0 Å². The number of fused-ring (bicyclic) bond motifs is 3. The molecule has 228 valence electrons. The lowest BCUT2D eigenvalue weighted by Gasteiger charge is -2.27. The summed E-state index contributed by atoms with van der Waals surface area (Å²) in [7, 11) is 0. The quantitative estimate of drug-likeness (QED) is 0.224. The Kier molecular flexibility index (Phi) is 6.77. The molecule has 6 nitrogen and oxygen atoms in total. The average molecular weight is 597 g/mol. The Bertz CT molecular complexity index is 1970. The summed E-state index contributed by atoms with van der Waals surface area (Å²) in [6.07, 6.45) is 7.85. The van der Waals surface area contributed by atoms with Gasteiger partial charge in [0, 0.05) is 18.7 Å². The van der Waals surface area contributed by atoms with E-state index in [1.807, 2.05) is 25.7 Å². The molecule has 0 unspecified atom stereocenters. The third-order valence-electron chi connectivity index (χ3n) is 9.75. The van der Waals surface area contributed by atoms with Crippen LogP contribution in [0.2, 0.25) is 0 Å². The molecule has 0 bridgehead atoms. The monoisotopic (exact) mass is 596 g/mol. The van der Waals surface area contributed by atoms with Crippen molar-refractivity contribution in [3.05, 3.63) is 84.2 Å². The zero-order chi connectivity index (χ0) is 30.7. The second-order valence-corrected chi connectivity index (χ2v) is 14.1. The Morgan fingerprint density at radius 3 is 2.22 bits per heavy atom. The van der Waals surface area contributed by atoms with Crippen LogP contribution in [0, 0.1) is 5.92 Å². The molecule has 1 atom stereocenters. The molecule has 8 rings (SSSR count). The summed E-state index contributed by atoms with van der Waals surface area (Å²) in [6.45, 7) is 6.39. The number of hydrogen-bond donors (Lipinski definition) is 1. The highest BCUT2D eigenvalue weighted by atomic mass is 16.6. The van der Waals surface area contributed by atoms with Crippen LogP contribution in [0.1, 0.15) is 76.7 Å². The Morgan fingerprint density at radius 1 is 0.822 bits per heavy atom. The Hall–Kier alpha value is -4.45. The van der Waals surface area contributed by atoms with Crippen molar-refractivity contribution in [2.75, 3.05) is 6.54 Å². The summed E-state index contributed by atoms with van der Waals surface area (Å²) in [5, 5.41) is 2.45. The fourth-order valence-electron chi connectivity index (χ4n) is 7.46. The van der Waals surface area contributed by atoms with E-state index in [9.17, 15) is 4.79 Å². The molecular weight excluding hydrogens is 556 g/mol. The van der Waals surface area contributed by atoms with Gasteiger partial charge in [0.2, 0.25) is 0 Å². The van der Waals surface area contributed by atoms with Crippen LogP contribution in [-0.4, -0.2) is 38.8 Å². The highest BCUT2D eigenvalue weighted by Crippen LogP contribution is 2.38. The van der Waals surface area contributed by atoms with E-state index < -0.39 is 5.60 Å². The number of imidazole rings is 1. The second kappa shape index (κ2) is 10.9. The Balaban J connectivity index is 1.02. The molecule has 1 aromatic heterocycles. The van der Waals surface area contributed by atoms with Crippen molar-refractivity contribution in [2.24, 2.45) is 10.9 Å². The van der Waals surface area contributed by atoms with Crippen LogP contribution in [0.25, 0.3) is 44.1 Å². The first-order chi connectivity index (χ1) is 21.8. The molecule has 3 aliphatic rings. The van der Waals surface area contributed by atoms with Crippen LogP contribution in [-0.2, 0) is 11.2 Å². The summed E-state index contributed by atoms with van der Waals surface area (Å²) >= 11 is 0. The molecule has 3 heterocycles. The average Bonchev–Trinajstić information content (AvgIpc) is 3.84. The van der Waals surface area contributed by atoms with Gasteiger partial charge in [0.25, 0.3) is 0 Å². The standard InChI is InChI=1S/C39H40N4O2/c1-39(2,3)45-38(44)43-18-6-9-36(43)37-41-33-17-15-30(22-35(33)42-37)28-13-12-25-19-27(11-10-26(25)20-28)29-14-16-32-31(21-29)23-34(40-32)24-7-4-5-8-24/h10-17,19-22,24,36H,4-9,18,23H2,1-3H3,(H,41,42)/t36-/m0/s1. The SMILES string of the molecule is CC(C)(C)OC(=O)N1CCC[C@H]1c1nc2ccc(-c3ccc4cc(-c5ccc6c(c5)CC(C5CCCC5)=N6)ccc4c3)cc2[nH]1. The topological polar surface area (TPSA) is 70.6 Å². The molecule has 0 spiro atoms. The number of ether oxygens (including phenoxy) is 1. The molecule has 1 amide bonds. The fourth-order valence-corrected chi connectivity index (χ4v) is 7.46. The van der Waals surface area contributed by atoms with Gasteiger partial charge in [-0.1, -0.05) is 49.2 Å². The number of rotatable bonds is 4. The van der Waals surface area contributed by atoms with Gasteiger partial charge in [0.15, 0.2) is 0 Å². The van der Waals surface area contributed by atoms with E-state index in [0.29, 0.717) is 12.5 Å². The van der Waals surface area contributed by atoms with E-state index in [-0.39, 0.29) is 12.1 Å². The Morgan fingerprint density at radius 2 is 1.49 bits per heavy atom. The number of benzene rings is 4. The van der Waals surface area contributed by atoms with Gasteiger partial charge in [-0.2, -0.15) is 0 Å². The summed E-state index contributed by atoms with van der Waals surface area (Å²) in [6, 6.07) is 26.5. The zero-order valence-electron chi connectivity index (χ0n) is 26.4. The van der Waals surface area contributed by atoms with Gasteiger partial charge in [-0.25, -0.2) is 9.78 Å². The number of carbonyl (C=O) groups excluding carboxylic acids is 1. The number of aromatic nitrogens is 2. The summed E-state index contributed by atoms with van der Waals surface area (Å²) in [4.78, 5) is 28.1. The maximum atomic E-state index is 12.9. The molecule has 0 radical (unpaired) electrons. The number of H-pyrrole nitrogens is 1. The zero-order valence-corrected chi connectivity index (χ0v) is 26.4. The van der Waals surface area contributed by atoms with Crippen molar-refractivity contribution in [3.63, 3.8) is 0 Å².